The van der Waals surface area contributed by atoms with E-state index in [2.05, 4.69) is 19.2 Å². The van der Waals surface area contributed by atoms with Crippen LogP contribution < -0.4 is 14.8 Å². The van der Waals surface area contributed by atoms with Crippen LogP contribution in [0.3, 0.4) is 0 Å². The molecule has 1 amide bonds. The van der Waals surface area contributed by atoms with E-state index in [0.717, 1.165) is 0 Å². The molecule has 34 heavy (non-hydrogen) atoms. The summed E-state index contributed by atoms with van der Waals surface area (Å²) in [5.74, 6) is 1.04. The minimum atomic E-state index is -0.389. The summed E-state index contributed by atoms with van der Waals surface area (Å²) in [4.78, 5) is 26.0. The van der Waals surface area contributed by atoms with Crippen molar-refractivity contribution in [2.45, 2.75) is 26.7 Å². The smallest absolute Gasteiger partial charge is 0.262 e. The Morgan fingerprint density at radius 2 is 1.53 bits per heavy atom. The van der Waals surface area contributed by atoms with Crippen molar-refractivity contribution < 1.29 is 23.5 Å². The Labute approximate surface area is 198 Å². The summed E-state index contributed by atoms with van der Waals surface area (Å²) in [5.41, 5.74) is 2.47. The van der Waals surface area contributed by atoms with E-state index in [9.17, 15) is 9.59 Å². The van der Waals surface area contributed by atoms with Crippen LogP contribution in [0.2, 0.25) is 0 Å². The van der Waals surface area contributed by atoms with Crippen LogP contribution in [0.15, 0.2) is 77.2 Å². The number of hydrogen-bond acceptors (Lipinski definition) is 5. The average molecular weight is 458 g/mol. The van der Waals surface area contributed by atoms with Gasteiger partial charge in [0.2, 0.25) is 5.78 Å². The van der Waals surface area contributed by atoms with E-state index in [1.165, 1.54) is 5.56 Å². The monoisotopic (exact) mass is 457 g/mol. The first-order valence-electron chi connectivity index (χ1n) is 11.3. The molecule has 0 bridgehead atoms. The lowest BCUT2D eigenvalue weighted by Crippen LogP contribution is -2.21. The summed E-state index contributed by atoms with van der Waals surface area (Å²) in [6.45, 7) is 6.47. The van der Waals surface area contributed by atoms with Crippen molar-refractivity contribution in [1.29, 1.82) is 0 Å². The molecule has 1 aromatic heterocycles. The molecule has 174 valence electrons. The molecule has 6 heteroatoms. The highest BCUT2D eigenvalue weighted by atomic mass is 16.5. The minimum Gasteiger partial charge on any atom is -0.494 e. The van der Waals surface area contributed by atoms with Crippen LogP contribution in [0.1, 0.15) is 48.4 Å². The van der Waals surface area contributed by atoms with Gasteiger partial charge in [-0.3, -0.25) is 9.59 Å². The van der Waals surface area contributed by atoms with Crippen molar-refractivity contribution in [3.8, 4) is 11.5 Å². The van der Waals surface area contributed by atoms with Crippen molar-refractivity contribution in [3.63, 3.8) is 0 Å². The maximum atomic E-state index is 13.2. The largest absolute Gasteiger partial charge is 0.494 e. The molecule has 4 rings (SSSR count). The first-order valence-corrected chi connectivity index (χ1v) is 11.3. The molecule has 0 saturated heterocycles. The Hall–Kier alpha value is -4.06. The Morgan fingerprint density at radius 1 is 0.882 bits per heavy atom. The van der Waals surface area contributed by atoms with Crippen LogP contribution in [0.25, 0.3) is 11.0 Å². The lowest BCUT2D eigenvalue weighted by molar-refractivity contribution is -0.118. The third-order valence-electron chi connectivity index (χ3n) is 5.41. The molecule has 6 nitrogen and oxygen atoms in total. The van der Waals surface area contributed by atoms with Gasteiger partial charge in [0, 0.05) is 10.9 Å². The van der Waals surface area contributed by atoms with Gasteiger partial charge < -0.3 is 19.2 Å². The first kappa shape index (κ1) is 23.1. The van der Waals surface area contributed by atoms with Gasteiger partial charge in [-0.1, -0.05) is 38.1 Å². The predicted octanol–water partition coefficient (Wildman–Crippen LogP) is 6.20. The summed E-state index contributed by atoms with van der Waals surface area (Å²) in [6.07, 6.45) is 0. The molecule has 0 atom stereocenters. The van der Waals surface area contributed by atoms with E-state index in [4.69, 9.17) is 13.9 Å². The Balaban J connectivity index is 1.53. The maximum Gasteiger partial charge on any atom is 0.262 e. The van der Waals surface area contributed by atoms with Crippen molar-refractivity contribution >= 4 is 28.3 Å². The SMILES string of the molecule is CCOc1ccc(C(=O)c2oc3ccccc3c2NC(=O)COc2ccc(C(C)C)cc2)cc1. The fourth-order valence-corrected chi connectivity index (χ4v) is 3.60. The number of benzene rings is 3. The third kappa shape index (κ3) is 5.12. The topological polar surface area (TPSA) is 77.8 Å². The summed E-state index contributed by atoms with van der Waals surface area (Å²) in [7, 11) is 0. The molecule has 3 aromatic carbocycles. The highest BCUT2D eigenvalue weighted by Crippen LogP contribution is 2.33. The minimum absolute atomic E-state index is 0.0694. The van der Waals surface area contributed by atoms with Crippen molar-refractivity contribution in [2.24, 2.45) is 0 Å². The fraction of sp³-hybridized carbons (Fsp3) is 0.214. The van der Waals surface area contributed by atoms with Crippen molar-refractivity contribution in [2.75, 3.05) is 18.5 Å². The Kier molecular flexibility index (Phi) is 6.97. The number of nitrogens with one attached hydrogen (secondary N) is 1. The molecular formula is C28H27NO5. The number of amides is 1. The summed E-state index contributed by atoms with van der Waals surface area (Å²) in [5, 5.41) is 3.46. The Bertz CT molecular complexity index is 1290. The zero-order valence-corrected chi connectivity index (χ0v) is 19.5. The second-order valence-corrected chi connectivity index (χ2v) is 8.15. The van der Waals surface area contributed by atoms with Crippen LogP contribution >= 0.6 is 0 Å². The highest BCUT2D eigenvalue weighted by molar-refractivity contribution is 6.17. The maximum absolute atomic E-state index is 13.2. The number of rotatable bonds is 9. The first-order chi connectivity index (χ1) is 16.5. The van der Waals surface area contributed by atoms with Crippen LogP contribution in [-0.2, 0) is 4.79 Å². The Morgan fingerprint density at radius 3 is 2.21 bits per heavy atom. The zero-order chi connectivity index (χ0) is 24.1. The highest BCUT2D eigenvalue weighted by Gasteiger charge is 2.23. The summed E-state index contributed by atoms with van der Waals surface area (Å²) >= 11 is 0. The average Bonchev–Trinajstić information content (AvgIpc) is 3.21. The number of ketones is 1. The van der Waals surface area contributed by atoms with E-state index in [0.29, 0.717) is 46.2 Å². The molecule has 1 N–H and O–H groups in total. The van der Waals surface area contributed by atoms with Crippen molar-refractivity contribution in [1.82, 2.24) is 0 Å². The molecule has 4 aromatic rings. The molecule has 0 radical (unpaired) electrons. The number of para-hydroxylation sites is 1. The van der Waals surface area contributed by atoms with Gasteiger partial charge in [-0.15, -0.1) is 0 Å². The third-order valence-corrected chi connectivity index (χ3v) is 5.41. The van der Waals surface area contributed by atoms with Crippen LogP contribution in [0, 0.1) is 0 Å². The van der Waals surface area contributed by atoms with E-state index >= 15 is 0 Å². The summed E-state index contributed by atoms with van der Waals surface area (Å²) < 4.78 is 16.9. The van der Waals surface area contributed by atoms with Gasteiger partial charge in [-0.05, 0) is 66.9 Å². The molecule has 1 heterocycles. The quantitative estimate of drug-likeness (QED) is 0.303. The van der Waals surface area contributed by atoms with E-state index in [-0.39, 0.29) is 24.1 Å². The van der Waals surface area contributed by atoms with Gasteiger partial charge in [0.1, 0.15) is 17.1 Å². The molecule has 0 aliphatic carbocycles. The fourth-order valence-electron chi connectivity index (χ4n) is 3.60. The zero-order valence-electron chi connectivity index (χ0n) is 19.5. The summed E-state index contributed by atoms with van der Waals surface area (Å²) in [6, 6.07) is 21.7. The van der Waals surface area contributed by atoms with Crippen molar-refractivity contribution in [3.05, 3.63) is 89.7 Å². The molecule has 0 fully saturated rings. The number of hydrogen-bond donors (Lipinski definition) is 1. The molecule has 0 aliphatic heterocycles. The van der Waals surface area contributed by atoms with E-state index in [1.54, 1.807) is 36.4 Å². The molecule has 0 unspecified atom stereocenters. The number of ether oxygens (including phenoxy) is 2. The number of carbonyl (C=O) groups excluding carboxylic acids is 2. The number of anilines is 1. The van der Waals surface area contributed by atoms with E-state index in [1.807, 2.05) is 43.3 Å². The second kappa shape index (κ2) is 10.3. The molecule has 0 saturated carbocycles. The molecule has 0 spiro atoms. The predicted molar refractivity (Wildman–Crippen MR) is 132 cm³/mol. The second-order valence-electron chi connectivity index (χ2n) is 8.15. The van der Waals surface area contributed by atoms with Crippen LogP contribution in [0.5, 0.6) is 11.5 Å². The lowest BCUT2D eigenvalue weighted by atomic mass is 10.0. The van der Waals surface area contributed by atoms with Crippen LogP contribution in [0.4, 0.5) is 5.69 Å². The van der Waals surface area contributed by atoms with Gasteiger partial charge in [0.25, 0.3) is 5.91 Å². The number of furan rings is 1. The van der Waals surface area contributed by atoms with Gasteiger partial charge in [0.15, 0.2) is 12.4 Å². The molecular weight excluding hydrogens is 430 g/mol. The van der Waals surface area contributed by atoms with Gasteiger partial charge in [-0.25, -0.2) is 0 Å². The standard InChI is InChI=1S/C28H27NO5/c1-4-32-21-15-11-20(12-16-21)27(31)28-26(23-7-5-6-8-24(23)34-28)29-25(30)17-33-22-13-9-19(10-14-22)18(2)3/h5-16,18H,4,17H2,1-3H3,(H,29,30). The van der Waals surface area contributed by atoms with Gasteiger partial charge >= 0.3 is 0 Å². The van der Waals surface area contributed by atoms with E-state index < -0.39 is 0 Å². The van der Waals surface area contributed by atoms with Gasteiger partial charge in [0.05, 0.1) is 12.3 Å². The lowest BCUT2D eigenvalue weighted by Gasteiger charge is -2.10. The van der Waals surface area contributed by atoms with Gasteiger partial charge in [-0.2, -0.15) is 0 Å². The normalized spacial score (nSPS) is 10.9. The number of carbonyl (C=O) groups is 2. The molecule has 0 aliphatic rings. The number of fused-ring (bicyclic) bond motifs is 1. The van der Waals surface area contributed by atoms with Crippen LogP contribution in [-0.4, -0.2) is 24.9 Å².